The molecule has 0 saturated carbocycles. The number of phenols is 1. The van der Waals surface area contributed by atoms with Gasteiger partial charge in [-0.15, -0.1) is 0 Å². The Bertz CT molecular complexity index is 765. The van der Waals surface area contributed by atoms with Crippen molar-refractivity contribution in [3.8, 4) is 5.75 Å². The van der Waals surface area contributed by atoms with Crippen LogP contribution in [0.25, 0.3) is 0 Å². The Balaban J connectivity index is 2.51. The lowest BCUT2D eigenvalue weighted by Gasteiger charge is -2.23. The molecule has 0 spiro atoms. The molecule has 0 aliphatic carbocycles. The van der Waals surface area contributed by atoms with Crippen LogP contribution in [0.3, 0.4) is 0 Å². The second-order valence-corrected chi connectivity index (χ2v) is 6.98. The zero-order valence-corrected chi connectivity index (χ0v) is 13.5. The van der Waals surface area contributed by atoms with E-state index in [1.54, 1.807) is 19.1 Å². The molecule has 0 heterocycles. The molecule has 4 nitrogen and oxygen atoms in total. The number of hydrogen-bond donors (Lipinski definition) is 1. The minimum Gasteiger partial charge on any atom is -0.508 e. The summed E-state index contributed by atoms with van der Waals surface area (Å²) in [4.78, 5) is -0.145. The summed E-state index contributed by atoms with van der Waals surface area (Å²) in [6.07, 6.45) is 0. The highest BCUT2D eigenvalue weighted by Crippen LogP contribution is 2.27. The van der Waals surface area contributed by atoms with Gasteiger partial charge in [0.2, 0.25) is 0 Å². The first-order valence-corrected chi connectivity index (χ1v) is 8.36. The second-order valence-electron chi connectivity index (χ2n) is 4.27. The molecule has 2 rings (SSSR count). The van der Waals surface area contributed by atoms with Crippen molar-refractivity contribution in [2.75, 3.05) is 10.8 Å². The molecule has 0 radical (unpaired) electrons. The van der Waals surface area contributed by atoms with Gasteiger partial charge >= 0.3 is 0 Å². The van der Waals surface area contributed by atoms with E-state index in [9.17, 15) is 17.9 Å². The van der Waals surface area contributed by atoms with Crippen LogP contribution in [0.4, 0.5) is 10.1 Å². The Morgan fingerprint density at radius 2 is 1.95 bits per heavy atom. The van der Waals surface area contributed by atoms with Crippen molar-refractivity contribution in [1.82, 2.24) is 0 Å². The Morgan fingerprint density at radius 1 is 1.24 bits per heavy atom. The predicted molar refractivity (Wildman–Crippen MR) is 82.4 cm³/mol. The SMILES string of the molecule is CCN(c1cccc(O)c1)S(=O)(=O)c1ccc(Br)c(F)c1. The zero-order chi connectivity index (χ0) is 15.6. The molecule has 0 aliphatic heterocycles. The third kappa shape index (κ3) is 3.19. The molecule has 0 aromatic heterocycles. The van der Waals surface area contributed by atoms with Gasteiger partial charge in [0.15, 0.2) is 0 Å². The fraction of sp³-hybridized carbons (Fsp3) is 0.143. The third-order valence-electron chi connectivity index (χ3n) is 2.88. The summed E-state index contributed by atoms with van der Waals surface area (Å²) < 4.78 is 40.1. The highest BCUT2D eigenvalue weighted by atomic mass is 79.9. The van der Waals surface area contributed by atoms with E-state index < -0.39 is 15.8 Å². The van der Waals surface area contributed by atoms with Crippen LogP contribution in [-0.4, -0.2) is 20.1 Å². The first kappa shape index (κ1) is 15.8. The quantitative estimate of drug-likeness (QED) is 0.891. The van der Waals surface area contributed by atoms with E-state index in [0.717, 1.165) is 10.4 Å². The molecule has 7 heteroatoms. The van der Waals surface area contributed by atoms with Gasteiger partial charge in [0.05, 0.1) is 15.1 Å². The molecule has 0 saturated heterocycles. The van der Waals surface area contributed by atoms with Gasteiger partial charge < -0.3 is 5.11 Å². The van der Waals surface area contributed by atoms with Crippen LogP contribution in [0.15, 0.2) is 51.8 Å². The number of phenolic OH excluding ortho intramolecular Hbond substituents is 1. The number of anilines is 1. The van der Waals surface area contributed by atoms with Crippen molar-refractivity contribution >= 4 is 31.6 Å². The van der Waals surface area contributed by atoms with E-state index in [2.05, 4.69) is 15.9 Å². The fourth-order valence-corrected chi connectivity index (χ4v) is 3.63. The lowest BCUT2D eigenvalue weighted by Crippen LogP contribution is -2.30. The molecule has 2 aromatic carbocycles. The van der Waals surface area contributed by atoms with Crippen LogP contribution in [0.5, 0.6) is 5.75 Å². The Kier molecular flexibility index (Phi) is 4.53. The first-order chi connectivity index (χ1) is 9.86. The highest BCUT2D eigenvalue weighted by Gasteiger charge is 2.24. The number of nitrogens with zero attached hydrogens (tertiary/aromatic N) is 1. The van der Waals surface area contributed by atoms with Gasteiger partial charge in [-0.3, -0.25) is 4.31 Å². The Labute approximate surface area is 131 Å². The summed E-state index contributed by atoms with van der Waals surface area (Å²) >= 11 is 2.99. The number of sulfonamides is 1. The summed E-state index contributed by atoms with van der Waals surface area (Å²) in [6.45, 7) is 1.82. The lowest BCUT2D eigenvalue weighted by atomic mass is 10.3. The zero-order valence-electron chi connectivity index (χ0n) is 11.1. The van der Waals surface area contributed by atoms with E-state index in [4.69, 9.17) is 0 Å². The highest BCUT2D eigenvalue weighted by molar-refractivity contribution is 9.10. The van der Waals surface area contributed by atoms with E-state index in [-0.39, 0.29) is 21.7 Å². The van der Waals surface area contributed by atoms with Gasteiger partial charge in [0.1, 0.15) is 11.6 Å². The maximum atomic E-state index is 13.6. The average Bonchev–Trinajstić information content (AvgIpc) is 2.42. The van der Waals surface area contributed by atoms with Gasteiger partial charge in [-0.1, -0.05) is 6.07 Å². The molecular weight excluding hydrogens is 361 g/mol. The van der Waals surface area contributed by atoms with Crippen LogP contribution >= 0.6 is 15.9 Å². The molecule has 2 aromatic rings. The normalized spacial score (nSPS) is 11.4. The summed E-state index contributed by atoms with van der Waals surface area (Å²) in [5.74, 6) is -0.689. The number of rotatable bonds is 4. The molecule has 112 valence electrons. The molecule has 0 aliphatic rings. The van der Waals surface area contributed by atoms with Crippen LogP contribution in [-0.2, 0) is 10.0 Å². The molecule has 21 heavy (non-hydrogen) atoms. The van der Waals surface area contributed by atoms with E-state index in [1.807, 2.05) is 0 Å². The topological polar surface area (TPSA) is 57.6 Å². The van der Waals surface area contributed by atoms with Gasteiger partial charge in [-0.05, 0) is 53.2 Å². The maximum Gasteiger partial charge on any atom is 0.264 e. The van der Waals surface area contributed by atoms with Gasteiger partial charge in [0.25, 0.3) is 10.0 Å². The second kappa shape index (κ2) is 6.03. The number of hydrogen-bond acceptors (Lipinski definition) is 3. The first-order valence-electron chi connectivity index (χ1n) is 6.13. The summed E-state index contributed by atoms with van der Waals surface area (Å²) in [5.41, 5.74) is 0.320. The van der Waals surface area contributed by atoms with Crippen LogP contribution in [0.1, 0.15) is 6.92 Å². The monoisotopic (exact) mass is 373 g/mol. The maximum absolute atomic E-state index is 13.6. The predicted octanol–water partition coefficient (Wildman–Crippen LogP) is 3.51. The molecular formula is C14H13BrFNO3S. The molecule has 0 atom stereocenters. The van der Waals surface area contributed by atoms with Crippen LogP contribution in [0.2, 0.25) is 0 Å². The van der Waals surface area contributed by atoms with E-state index in [0.29, 0.717) is 5.69 Å². The minimum atomic E-state index is -3.90. The number of halogens is 2. The summed E-state index contributed by atoms with van der Waals surface area (Å²) in [7, 11) is -3.90. The average molecular weight is 374 g/mol. The van der Waals surface area contributed by atoms with E-state index >= 15 is 0 Å². The third-order valence-corrected chi connectivity index (χ3v) is 5.43. The van der Waals surface area contributed by atoms with Gasteiger partial charge in [-0.2, -0.15) is 0 Å². The van der Waals surface area contributed by atoms with Crippen molar-refractivity contribution in [2.24, 2.45) is 0 Å². The van der Waals surface area contributed by atoms with Crippen molar-refractivity contribution < 1.29 is 17.9 Å². The van der Waals surface area contributed by atoms with E-state index in [1.165, 1.54) is 24.3 Å². The molecule has 0 amide bonds. The molecule has 0 unspecified atom stereocenters. The largest absolute Gasteiger partial charge is 0.508 e. The number of aromatic hydroxyl groups is 1. The Morgan fingerprint density at radius 3 is 2.52 bits per heavy atom. The fourth-order valence-electron chi connectivity index (χ4n) is 1.90. The summed E-state index contributed by atoms with van der Waals surface area (Å²) in [6, 6.07) is 9.54. The van der Waals surface area contributed by atoms with Gasteiger partial charge in [-0.25, -0.2) is 12.8 Å². The van der Waals surface area contributed by atoms with Gasteiger partial charge in [0, 0.05) is 12.6 Å². The van der Waals surface area contributed by atoms with Crippen molar-refractivity contribution in [2.45, 2.75) is 11.8 Å². The van der Waals surface area contributed by atoms with Crippen LogP contribution < -0.4 is 4.31 Å². The van der Waals surface area contributed by atoms with Crippen LogP contribution in [0, 0.1) is 5.82 Å². The minimum absolute atomic E-state index is 0.0388. The smallest absolute Gasteiger partial charge is 0.264 e. The number of benzene rings is 2. The van der Waals surface area contributed by atoms with Crippen molar-refractivity contribution in [3.05, 3.63) is 52.8 Å². The molecule has 1 N–H and O–H groups in total. The van der Waals surface area contributed by atoms with Crippen molar-refractivity contribution in [1.29, 1.82) is 0 Å². The molecule has 0 fully saturated rings. The Hall–Kier alpha value is -1.60. The van der Waals surface area contributed by atoms with Crippen molar-refractivity contribution in [3.63, 3.8) is 0 Å². The standard InChI is InChI=1S/C14H13BrFNO3S/c1-2-17(10-4-3-5-11(18)8-10)21(19,20)12-6-7-13(15)14(16)9-12/h3-9,18H,2H2,1H3. The lowest BCUT2D eigenvalue weighted by molar-refractivity contribution is 0.475. The molecule has 0 bridgehead atoms. The summed E-state index contributed by atoms with van der Waals surface area (Å²) in [5, 5.41) is 9.49.